The lowest BCUT2D eigenvalue weighted by atomic mass is 10.1. The van der Waals surface area contributed by atoms with Gasteiger partial charge in [0, 0.05) is 12.3 Å². The molecule has 0 aromatic rings. The van der Waals surface area contributed by atoms with Crippen molar-refractivity contribution in [3.8, 4) is 0 Å². The zero-order valence-corrected chi connectivity index (χ0v) is 11.9. The molecule has 3 nitrogen and oxygen atoms in total. The first-order chi connectivity index (χ1) is 8.68. The first-order valence-electron chi connectivity index (χ1n) is 7.00. The molecule has 0 spiro atoms. The Labute approximate surface area is 115 Å². The van der Waals surface area contributed by atoms with Gasteiger partial charge in [-0.3, -0.25) is 4.79 Å². The minimum Gasteiger partial charge on any atom is -0.476 e. The molecule has 0 aliphatic carbocycles. The van der Waals surface area contributed by atoms with Crippen LogP contribution in [0.15, 0.2) is 0 Å². The number of unbranched alkanes of at least 4 members (excludes halogenated alkanes) is 9. The average molecular weight is 277 g/mol. The second-order valence-electron chi connectivity index (χ2n) is 4.70. The summed E-state index contributed by atoms with van der Waals surface area (Å²) in [5.74, 6) is -1.18. The van der Waals surface area contributed by atoms with Crippen molar-refractivity contribution in [1.82, 2.24) is 0 Å². The van der Waals surface area contributed by atoms with E-state index >= 15 is 0 Å². The molecule has 4 heteroatoms. The topological polar surface area (TPSA) is 54.4 Å². The van der Waals surface area contributed by atoms with E-state index in [9.17, 15) is 9.59 Å². The lowest BCUT2D eigenvalue weighted by molar-refractivity contribution is -0.149. The SMILES string of the molecule is O=C(O)C(=O)CCCCCCCCCCCCCl. The third kappa shape index (κ3) is 11.9. The van der Waals surface area contributed by atoms with Gasteiger partial charge in [-0.05, 0) is 12.8 Å². The van der Waals surface area contributed by atoms with Crippen molar-refractivity contribution in [1.29, 1.82) is 0 Å². The van der Waals surface area contributed by atoms with E-state index < -0.39 is 11.8 Å². The smallest absolute Gasteiger partial charge is 0.372 e. The number of ketones is 1. The van der Waals surface area contributed by atoms with E-state index in [-0.39, 0.29) is 6.42 Å². The van der Waals surface area contributed by atoms with Gasteiger partial charge >= 0.3 is 5.97 Å². The Bertz CT molecular complexity index is 229. The van der Waals surface area contributed by atoms with Crippen LogP contribution in [0, 0.1) is 0 Å². The number of alkyl halides is 1. The Hall–Kier alpha value is -0.570. The fourth-order valence-corrected chi connectivity index (χ4v) is 2.09. The fraction of sp³-hybridized carbons (Fsp3) is 0.857. The highest BCUT2D eigenvalue weighted by Crippen LogP contribution is 2.11. The maximum Gasteiger partial charge on any atom is 0.372 e. The molecule has 0 aliphatic rings. The molecule has 0 aliphatic heterocycles. The Morgan fingerprint density at radius 3 is 1.50 bits per heavy atom. The largest absolute Gasteiger partial charge is 0.476 e. The van der Waals surface area contributed by atoms with Crippen molar-refractivity contribution in [3.05, 3.63) is 0 Å². The number of carbonyl (C=O) groups excluding carboxylic acids is 1. The van der Waals surface area contributed by atoms with Crippen molar-refractivity contribution in [3.63, 3.8) is 0 Å². The molecule has 0 unspecified atom stereocenters. The number of aliphatic carboxylic acids is 1. The van der Waals surface area contributed by atoms with E-state index in [0.29, 0.717) is 6.42 Å². The molecule has 106 valence electrons. The molecule has 0 amide bonds. The van der Waals surface area contributed by atoms with Crippen molar-refractivity contribution in [2.45, 2.75) is 70.6 Å². The highest BCUT2D eigenvalue weighted by Gasteiger charge is 2.09. The number of hydrogen-bond acceptors (Lipinski definition) is 2. The molecular weight excluding hydrogens is 252 g/mol. The van der Waals surface area contributed by atoms with Crippen LogP contribution < -0.4 is 0 Å². The van der Waals surface area contributed by atoms with Gasteiger partial charge in [-0.25, -0.2) is 4.79 Å². The predicted molar refractivity (Wildman–Crippen MR) is 74.1 cm³/mol. The Balaban J connectivity index is 3.07. The summed E-state index contributed by atoms with van der Waals surface area (Å²) in [4.78, 5) is 21.0. The molecule has 0 saturated carbocycles. The molecule has 0 aromatic carbocycles. The Morgan fingerprint density at radius 1 is 0.722 bits per heavy atom. The molecule has 0 radical (unpaired) electrons. The molecule has 1 N–H and O–H groups in total. The summed E-state index contributed by atoms with van der Waals surface area (Å²) >= 11 is 5.59. The van der Waals surface area contributed by atoms with Crippen LogP contribution in [-0.4, -0.2) is 22.7 Å². The summed E-state index contributed by atoms with van der Waals surface area (Å²) in [6.45, 7) is 0. The molecular formula is C14H25ClO3. The molecule has 0 atom stereocenters. The summed E-state index contributed by atoms with van der Waals surface area (Å²) in [5, 5.41) is 8.39. The standard InChI is InChI=1S/C14H25ClO3/c15-12-10-8-6-4-2-1-3-5-7-9-11-13(16)14(17)18/h1-12H2,(H,17,18). The van der Waals surface area contributed by atoms with Crippen molar-refractivity contribution >= 4 is 23.4 Å². The van der Waals surface area contributed by atoms with E-state index in [1.807, 2.05) is 0 Å². The maximum absolute atomic E-state index is 10.8. The number of hydrogen-bond donors (Lipinski definition) is 1. The zero-order chi connectivity index (χ0) is 13.6. The number of carbonyl (C=O) groups is 2. The number of rotatable bonds is 13. The van der Waals surface area contributed by atoms with Gasteiger partial charge in [-0.1, -0.05) is 51.4 Å². The van der Waals surface area contributed by atoms with Crippen molar-refractivity contribution in [2.24, 2.45) is 0 Å². The van der Waals surface area contributed by atoms with Crippen LogP contribution >= 0.6 is 11.6 Å². The summed E-state index contributed by atoms with van der Waals surface area (Å²) in [7, 11) is 0. The second-order valence-corrected chi connectivity index (χ2v) is 5.08. The van der Waals surface area contributed by atoms with Gasteiger partial charge in [-0.2, -0.15) is 0 Å². The molecule has 0 fully saturated rings. The minimum atomic E-state index is -1.30. The second kappa shape index (κ2) is 12.9. The van der Waals surface area contributed by atoms with Gasteiger partial charge in [0.2, 0.25) is 5.78 Å². The van der Waals surface area contributed by atoms with E-state index in [4.69, 9.17) is 16.7 Å². The van der Waals surface area contributed by atoms with Crippen LogP contribution in [0.5, 0.6) is 0 Å². The fourth-order valence-electron chi connectivity index (χ4n) is 1.90. The van der Waals surface area contributed by atoms with Gasteiger partial charge in [0.15, 0.2) is 0 Å². The normalized spacial score (nSPS) is 10.5. The Kier molecular flexibility index (Phi) is 12.5. The highest BCUT2D eigenvalue weighted by atomic mass is 35.5. The van der Waals surface area contributed by atoms with Crippen molar-refractivity contribution in [2.75, 3.05) is 5.88 Å². The zero-order valence-electron chi connectivity index (χ0n) is 11.1. The molecule has 0 rings (SSSR count). The monoisotopic (exact) mass is 276 g/mol. The van der Waals surface area contributed by atoms with E-state index in [1.54, 1.807) is 0 Å². The van der Waals surface area contributed by atoms with E-state index in [1.165, 1.54) is 38.5 Å². The third-order valence-electron chi connectivity index (χ3n) is 3.03. The first-order valence-corrected chi connectivity index (χ1v) is 7.54. The maximum atomic E-state index is 10.8. The van der Waals surface area contributed by atoms with Crippen LogP contribution in [-0.2, 0) is 9.59 Å². The predicted octanol–water partition coefficient (Wildman–Crippen LogP) is 4.17. The van der Waals surface area contributed by atoms with Crippen LogP contribution in [0.4, 0.5) is 0 Å². The molecule has 0 saturated heterocycles. The molecule has 0 bridgehead atoms. The minimum absolute atomic E-state index is 0.188. The first kappa shape index (κ1) is 17.4. The number of Topliss-reactive ketones (excluding diaryl/α,β-unsaturated/α-hetero) is 1. The molecule has 18 heavy (non-hydrogen) atoms. The third-order valence-corrected chi connectivity index (χ3v) is 3.29. The van der Waals surface area contributed by atoms with Gasteiger partial charge in [0.25, 0.3) is 0 Å². The summed E-state index contributed by atoms with van der Waals surface area (Å²) < 4.78 is 0. The van der Waals surface area contributed by atoms with E-state index in [2.05, 4.69) is 0 Å². The van der Waals surface area contributed by atoms with Crippen LogP contribution in [0.3, 0.4) is 0 Å². The van der Waals surface area contributed by atoms with Gasteiger partial charge in [0.1, 0.15) is 0 Å². The Morgan fingerprint density at radius 2 is 1.11 bits per heavy atom. The number of carboxylic acid groups (broad SMARTS) is 1. The van der Waals surface area contributed by atoms with Gasteiger partial charge in [-0.15, -0.1) is 11.6 Å². The molecule has 0 aromatic heterocycles. The van der Waals surface area contributed by atoms with Crippen molar-refractivity contribution < 1.29 is 14.7 Å². The summed E-state index contributed by atoms with van der Waals surface area (Å²) in [6, 6.07) is 0. The molecule has 0 heterocycles. The number of halogens is 1. The lowest BCUT2D eigenvalue weighted by Crippen LogP contribution is -2.11. The lowest BCUT2D eigenvalue weighted by Gasteiger charge is -2.01. The van der Waals surface area contributed by atoms with Crippen LogP contribution in [0.1, 0.15) is 70.6 Å². The average Bonchev–Trinajstić information content (AvgIpc) is 2.35. The van der Waals surface area contributed by atoms with Crippen LogP contribution in [0.2, 0.25) is 0 Å². The van der Waals surface area contributed by atoms with Gasteiger partial charge in [0.05, 0.1) is 0 Å². The number of carboxylic acids is 1. The quantitative estimate of drug-likeness (QED) is 0.312. The summed E-state index contributed by atoms with van der Waals surface area (Å²) in [6.07, 6.45) is 11.6. The van der Waals surface area contributed by atoms with Gasteiger partial charge < -0.3 is 5.11 Å². The van der Waals surface area contributed by atoms with E-state index in [0.717, 1.165) is 25.1 Å². The highest BCUT2D eigenvalue weighted by molar-refractivity contribution is 6.32. The summed E-state index contributed by atoms with van der Waals surface area (Å²) in [5.41, 5.74) is 0. The van der Waals surface area contributed by atoms with Crippen LogP contribution in [0.25, 0.3) is 0 Å².